The summed E-state index contributed by atoms with van der Waals surface area (Å²) >= 11 is 5.02. The van der Waals surface area contributed by atoms with Gasteiger partial charge in [0, 0.05) is 19.0 Å². The lowest BCUT2D eigenvalue weighted by molar-refractivity contribution is 0.0467. The van der Waals surface area contributed by atoms with Crippen molar-refractivity contribution in [3.8, 4) is 0 Å². The number of rotatable bonds is 2. The van der Waals surface area contributed by atoms with Crippen LogP contribution in [0.4, 0.5) is 4.39 Å². The second kappa shape index (κ2) is 5.81. The number of piperidine rings is 1. The lowest BCUT2D eigenvalue weighted by atomic mass is 9.93. The molecule has 0 spiro atoms. The highest BCUT2D eigenvalue weighted by Crippen LogP contribution is 2.24. The Balaban J connectivity index is 1.96. The number of benzene rings is 1. The topological polar surface area (TPSA) is 72.1 Å². The molecule has 118 valence electrons. The number of nitrogens with one attached hydrogen (secondary N) is 2. The van der Waals surface area contributed by atoms with Crippen molar-refractivity contribution < 1.29 is 14.3 Å². The number of likely N-dealkylation sites (tertiary alicyclic amines) is 1. The Morgan fingerprint density at radius 3 is 3.00 bits per heavy atom. The second-order valence-electron chi connectivity index (χ2n) is 5.85. The molecule has 2 aromatic rings. The van der Waals surface area contributed by atoms with E-state index >= 15 is 0 Å². The molecular weight excluding hydrogens is 305 g/mol. The fourth-order valence-electron chi connectivity index (χ4n) is 3.03. The van der Waals surface area contributed by atoms with Crippen LogP contribution in [-0.4, -0.2) is 45.1 Å². The van der Waals surface area contributed by atoms with Gasteiger partial charge in [0.05, 0.1) is 22.7 Å². The van der Waals surface area contributed by atoms with E-state index < -0.39 is 11.9 Å². The van der Waals surface area contributed by atoms with Crippen LogP contribution in [0.3, 0.4) is 0 Å². The molecule has 0 aliphatic carbocycles. The van der Waals surface area contributed by atoms with Gasteiger partial charge in [-0.15, -0.1) is 0 Å². The first-order valence-electron chi connectivity index (χ1n) is 7.34. The van der Waals surface area contributed by atoms with Crippen molar-refractivity contribution in [2.45, 2.75) is 25.9 Å². The van der Waals surface area contributed by atoms with E-state index in [0.29, 0.717) is 28.9 Å². The van der Waals surface area contributed by atoms with Crippen LogP contribution >= 0.6 is 12.2 Å². The summed E-state index contributed by atoms with van der Waals surface area (Å²) in [7, 11) is 0. The summed E-state index contributed by atoms with van der Waals surface area (Å²) in [5.41, 5.74) is 1.28. The van der Waals surface area contributed by atoms with Crippen LogP contribution in [0.25, 0.3) is 11.0 Å². The number of amides is 1. The van der Waals surface area contributed by atoms with Gasteiger partial charge in [0.1, 0.15) is 5.82 Å². The molecule has 2 atom stereocenters. The molecule has 3 rings (SSSR count). The number of nitrogens with zero attached hydrogens (tertiary/aromatic N) is 1. The van der Waals surface area contributed by atoms with Crippen molar-refractivity contribution in [3.05, 3.63) is 28.3 Å². The number of aliphatic hydroxyl groups excluding tert-OH is 1. The maximum absolute atomic E-state index is 13.8. The summed E-state index contributed by atoms with van der Waals surface area (Å²) in [5.74, 6) is -0.656. The second-order valence-corrected chi connectivity index (χ2v) is 6.26. The number of hydrogen-bond donors (Lipinski definition) is 3. The third-order valence-electron chi connectivity index (χ3n) is 4.25. The zero-order valence-electron chi connectivity index (χ0n) is 12.2. The highest BCUT2D eigenvalue weighted by atomic mass is 32.1. The fraction of sp³-hybridized carbons (Fsp3) is 0.467. The van der Waals surface area contributed by atoms with E-state index in [1.54, 1.807) is 11.8 Å². The number of carbonyl (C=O) groups is 1. The number of fused-ring (bicyclic) bond motifs is 1. The molecule has 1 amide bonds. The lowest BCUT2D eigenvalue weighted by Gasteiger charge is -2.34. The molecular formula is C15H18FN3O2S. The van der Waals surface area contributed by atoms with Gasteiger partial charge in [-0.2, -0.15) is 0 Å². The van der Waals surface area contributed by atoms with Gasteiger partial charge in [-0.05, 0) is 44.1 Å². The first-order valence-corrected chi connectivity index (χ1v) is 7.75. The molecule has 1 saturated heterocycles. The Labute approximate surface area is 132 Å². The smallest absolute Gasteiger partial charge is 0.256 e. The van der Waals surface area contributed by atoms with E-state index in [1.807, 2.05) is 0 Å². The maximum Gasteiger partial charge on any atom is 0.256 e. The van der Waals surface area contributed by atoms with E-state index in [2.05, 4.69) is 9.97 Å². The number of carbonyl (C=O) groups excluding carboxylic acids is 1. The molecule has 2 heterocycles. The molecule has 22 heavy (non-hydrogen) atoms. The van der Waals surface area contributed by atoms with Crippen LogP contribution in [0.1, 0.15) is 30.1 Å². The highest BCUT2D eigenvalue weighted by Gasteiger charge is 2.28. The molecule has 0 radical (unpaired) electrons. The Hall–Kier alpha value is -1.73. The number of aromatic nitrogens is 2. The van der Waals surface area contributed by atoms with Crippen LogP contribution in [-0.2, 0) is 0 Å². The molecule has 5 nitrogen and oxygen atoms in total. The van der Waals surface area contributed by atoms with Gasteiger partial charge in [-0.3, -0.25) is 4.79 Å². The number of H-pyrrole nitrogens is 2. The Kier molecular flexibility index (Phi) is 4.01. The minimum absolute atomic E-state index is 0.0615. The van der Waals surface area contributed by atoms with Crippen LogP contribution < -0.4 is 0 Å². The van der Waals surface area contributed by atoms with Gasteiger partial charge in [-0.25, -0.2) is 4.39 Å². The molecule has 1 fully saturated rings. The molecule has 2 unspecified atom stereocenters. The van der Waals surface area contributed by atoms with Crippen LogP contribution in [0.15, 0.2) is 12.1 Å². The molecule has 1 aromatic heterocycles. The number of aromatic amines is 2. The van der Waals surface area contributed by atoms with Crippen LogP contribution in [0.2, 0.25) is 0 Å². The van der Waals surface area contributed by atoms with Gasteiger partial charge in [0.2, 0.25) is 0 Å². The van der Waals surface area contributed by atoms with Crippen molar-refractivity contribution in [1.29, 1.82) is 0 Å². The quantitative estimate of drug-likeness (QED) is 0.744. The molecule has 1 aliphatic rings. The summed E-state index contributed by atoms with van der Waals surface area (Å²) in [4.78, 5) is 20.2. The highest BCUT2D eigenvalue weighted by molar-refractivity contribution is 7.71. The molecule has 7 heteroatoms. The lowest BCUT2D eigenvalue weighted by Crippen LogP contribution is -2.43. The normalized spacial score (nSPS) is 20.3. The zero-order chi connectivity index (χ0) is 15.9. The zero-order valence-corrected chi connectivity index (χ0v) is 13.0. The van der Waals surface area contributed by atoms with E-state index in [9.17, 15) is 14.3 Å². The average Bonchev–Trinajstić information content (AvgIpc) is 2.85. The SMILES string of the molecule is CC(O)C1CCCN(C(=O)c2cc(F)cc3[nH]c(=S)[nH]c23)C1. The van der Waals surface area contributed by atoms with Crippen molar-refractivity contribution in [1.82, 2.24) is 14.9 Å². The predicted octanol–water partition coefficient (Wildman–Crippen LogP) is 2.60. The Morgan fingerprint density at radius 2 is 2.27 bits per heavy atom. The number of aliphatic hydroxyl groups is 1. The molecule has 0 bridgehead atoms. The maximum atomic E-state index is 13.8. The average molecular weight is 323 g/mol. The summed E-state index contributed by atoms with van der Waals surface area (Å²) < 4.78 is 14.1. The van der Waals surface area contributed by atoms with Gasteiger partial charge < -0.3 is 20.0 Å². The van der Waals surface area contributed by atoms with Crippen LogP contribution in [0, 0.1) is 16.5 Å². The van der Waals surface area contributed by atoms with E-state index in [0.717, 1.165) is 12.8 Å². The van der Waals surface area contributed by atoms with Crippen molar-refractivity contribution in [2.75, 3.05) is 13.1 Å². The largest absolute Gasteiger partial charge is 0.393 e. The fourth-order valence-corrected chi connectivity index (χ4v) is 3.25. The molecule has 0 saturated carbocycles. The predicted molar refractivity (Wildman–Crippen MR) is 83.7 cm³/mol. The molecule has 1 aliphatic heterocycles. The minimum atomic E-state index is -0.481. The van der Waals surface area contributed by atoms with Crippen molar-refractivity contribution >= 4 is 29.2 Å². The number of halogens is 1. The van der Waals surface area contributed by atoms with Gasteiger partial charge >= 0.3 is 0 Å². The van der Waals surface area contributed by atoms with Gasteiger partial charge in [0.25, 0.3) is 5.91 Å². The van der Waals surface area contributed by atoms with Crippen molar-refractivity contribution in [3.63, 3.8) is 0 Å². The number of imidazole rings is 1. The van der Waals surface area contributed by atoms with E-state index in [-0.39, 0.29) is 17.4 Å². The molecule has 1 aromatic carbocycles. The summed E-state index contributed by atoms with van der Waals surface area (Å²) in [6.07, 6.45) is 1.27. The minimum Gasteiger partial charge on any atom is -0.393 e. The number of hydrogen-bond acceptors (Lipinski definition) is 3. The molecule has 3 N–H and O–H groups in total. The summed E-state index contributed by atoms with van der Waals surface area (Å²) in [5, 5.41) is 9.74. The Morgan fingerprint density at radius 1 is 1.50 bits per heavy atom. The first-order chi connectivity index (χ1) is 10.5. The summed E-state index contributed by atoms with van der Waals surface area (Å²) in [6.45, 7) is 2.84. The third-order valence-corrected chi connectivity index (χ3v) is 4.45. The third kappa shape index (κ3) is 2.78. The van der Waals surface area contributed by atoms with Gasteiger partial charge in [0.15, 0.2) is 4.77 Å². The van der Waals surface area contributed by atoms with E-state index in [4.69, 9.17) is 12.2 Å². The first kappa shape index (κ1) is 15.2. The Bertz CT molecular complexity index is 768. The van der Waals surface area contributed by atoms with Crippen molar-refractivity contribution in [2.24, 2.45) is 5.92 Å². The van der Waals surface area contributed by atoms with E-state index in [1.165, 1.54) is 12.1 Å². The standard InChI is InChI=1S/C15H18FN3O2S/c1-8(20)9-3-2-4-19(7-9)14(21)11-5-10(16)6-12-13(11)18-15(22)17-12/h5-6,8-9,20H,2-4,7H2,1H3,(H2,17,18,22). The van der Waals surface area contributed by atoms with Gasteiger partial charge in [-0.1, -0.05) is 0 Å². The summed E-state index contributed by atoms with van der Waals surface area (Å²) in [6, 6.07) is 2.54. The monoisotopic (exact) mass is 323 g/mol. The van der Waals surface area contributed by atoms with Crippen LogP contribution in [0.5, 0.6) is 0 Å².